The Morgan fingerprint density at radius 3 is 2.58 bits per heavy atom. The quantitative estimate of drug-likeness (QED) is 0.560. The Bertz CT molecular complexity index is 879. The molecule has 6 heteroatoms. The average molecular weight is 318 g/mol. The minimum Gasteiger partial charge on any atom is -0.334 e. The highest BCUT2D eigenvalue weighted by molar-refractivity contribution is 5.73. The van der Waals surface area contributed by atoms with Crippen LogP contribution < -0.4 is 5.32 Å². The third-order valence-electron chi connectivity index (χ3n) is 3.29. The van der Waals surface area contributed by atoms with Gasteiger partial charge >= 0.3 is 5.69 Å². The number of pyridine rings is 2. The predicted octanol–water partition coefficient (Wildman–Crippen LogP) is 4.30. The van der Waals surface area contributed by atoms with Gasteiger partial charge in [-0.05, 0) is 35.4 Å². The molecule has 0 saturated carbocycles. The Hall–Kier alpha value is -3.54. The van der Waals surface area contributed by atoms with Crippen LogP contribution in [0, 0.1) is 10.1 Å². The summed E-state index contributed by atoms with van der Waals surface area (Å²) in [6, 6.07) is 14.3. The maximum atomic E-state index is 11.0. The second kappa shape index (κ2) is 7.15. The average Bonchev–Trinajstić information content (AvgIpc) is 2.61. The van der Waals surface area contributed by atoms with Gasteiger partial charge < -0.3 is 5.32 Å². The number of nitro groups is 1. The van der Waals surface area contributed by atoms with Crippen molar-refractivity contribution in [2.24, 2.45) is 0 Å². The maximum absolute atomic E-state index is 11.0. The first-order valence-electron chi connectivity index (χ1n) is 7.27. The van der Waals surface area contributed by atoms with Crippen LogP contribution in [-0.4, -0.2) is 14.9 Å². The minimum atomic E-state index is -0.457. The molecule has 0 spiro atoms. The van der Waals surface area contributed by atoms with Gasteiger partial charge in [-0.25, -0.2) is 4.98 Å². The van der Waals surface area contributed by atoms with E-state index in [2.05, 4.69) is 15.3 Å². The molecular weight excluding hydrogens is 304 g/mol. The molecule has 0 radical (unpaired) electrons. The summed E-state index contributed by atoms with van der Waals surface area (Å²) in [5, 5.41) is 14.0. The Kier molecular flexibility index (Phi) is 4.57. The molecule has 6 nitrogen and oxygen atoms in total. The first-order valence-corrected chi connectivity index (χ1v) is 7.27. The van der Waals surface area contributed by atoms with Gasteiger partial charge in [0, 0.05) is 30.3 Å². The van der Waals surface area contributed by atoms with E-state index in [4.69, 9.17) is 0 Å². The Labute approximate surface area is 138 Å². The van der Waals surface area contributed by atoms with Crippen molar-refractivity contribution in [1.82, 2.24) is 9.97 Å². The van der Waals surface area contributed by atoms with Gasteiger partial charge in [0.15, 0.2) is 0 Å². The predicted molar refractivity (Wildman–Crippen MR) is 93.8 cm³/mol. The van der Waals surface area contributed by atoms with Crippen molar-refractivity contribution >= 4 is 29.3 Å². The molecule has 0 saturated heterocycles. The third-order valence-corrected chi connectivity index (χ3v) is 3.29. The summed E-state index contributed by atoms with van der Waals surface area (Å²) in [6.07, 6.45) is 8.92. The van der Waals surface area contributed by atoms with Crippen LogP contribution >= 0.6 is 0 Å². The van der Waals surface area contributed by atoms with Crippen LogP contribution in [0.2, 0.25) is 0 Å². The second-order valence-corrected chi connectivity index (χ2v) is 5.00. The number of rotatable bonds is 5. The summed E-state index contributed by atoms with van der Waals surface area (Å²) in [5.41, 5.74) is 2.62. The fourth-order valence-corrected chi connectivity index (χ4v) is 2.16. The summed E-state index contributed by atoms with van der Waals surface area (Å²) in [7, 11) is 0. The Balaban J connectivity index is 1.81. The molecule has 0 unspecified atom stereocenters. The molecule has 0 bridgehead atoms. The molecule has 1 aromatic carbocycles. The van der Waals surface area contributed by atoms with Crippen molar-refractivity contribution in [2.45, 2.75) is 0 Å². The van der Waals surface area contributed by atoms with Crippen molar-refractivity contribution in [1.29, 1.82) is 0 Å². The number of hydrogen-bond acceptors (Lipinski definition) is 5. The van der Waals surface area contributed by atoms with E-state index in [1.54, 1.807) is 12.4 Å². The van der Waals surface area contributed by atoms with E-state index in [-0.39, 0.29) is 11.5 Å². The molecule has 0 aliphatic rings. The van der Waals surface area contributed by atoms with Gasteiger partial charge in [0.1, 0.15) is 0 Å². The van der Waals surface area contributed by atoms with Gasteiger partial charge in [-0.15, -0.1) is 0 Å². The molecular formula is C18H14N4O2. The third kappa shape index (κ3) is 3.80. The lowest BCUT2D eigenvalue weighted by molar-refractivity contribution is -0.384. The van der Waals surface area contributed by atoms with Gasteiger partial charge in [0.05, 0.1) is 4.92 Å². The second-order valence-electron chi connectivity index (χ2n) is 5.00. The topological polar surface area (TPSA) is 81.0 Å². The molecule has 0 fully saturated rings. The molecule has 0 amide bonds. The number of aromatic nitrogens is 2. The largest absolute Gasteiger partial charge is 0.334 e. The zero-order valence-electron chi connectivity index (χ0n) is 12.7. The number of nitrogens with one attached hydrogen (secondary N) is 1. The van der Waals surface area contributed by atoms with E-state index in [9.17, 15) is 10.1 Å². The SMILES string of the molecule is O=[N+]([O-])c1cccnc1Nc1cccc(/C=C/c2cccnc2)c1. The van der Waals surface area contributed by atoms with E-state index in [0.29, 0.717) is 0 Å². The molecule has 0 atom stereocenters. The van der Waals surface area contributed by atoms with Gasteiger partial charge in [-0.3, -0.25) is 15.1 Å². The maximum Gasteiger partial charge on any atom is 0.311 e. The van der Waals surface area contributed by atoms with Gasteiger partial charge in [-0.2, -0.15) is 0 Å². The summed E-state index contributed by atoms with van der Waals surface area (Å²) in [4.78, 5) is 18.7. The zero-order valence-corrected chi connectivity index (χ0v) is 12.7. The zero-order chi connectivity index (χ0) is 16.8. The number of hydrogen-bond donors (Lipinski definition) is 1. The first-order chi connectivity index (χ1) is 11.7. The highest BCUT2D eigenvalue weighted by Gasteiger charge is 2.13. The number of nitrogens with zero attached hydrogens (tertiary/aromatic N) is 3. The number of benzene rings is 1. The molecule has 3 rings (SSSR count). The fourth-order valence-electron chi connectivity index (χ4n) is 2.16. The van der Waals surface area contributed by atoms with E-state index >= 15 is 0 Å². The van der Waals surface area contributed by atoms with Crippen molar-refractivity contribution < 1.29 is 4.92 Å². The summed E-state index contributed by atoms with van der Waals surface area (Å²) >= 11 is 0. The lowest BCUT2D eigenvalue weighted by Crippen LogP contribution is -1.99. The van der Waals surface area contributed by atoms with Gasteiger partial charge in [0.25, 0.3) is 0 Å². The normalized spacial score (nSPS) is 10.7. The minimum absolute atomic E-state index is 0.0613. The summed E-state index contributed by atoms with van der Waals surface area (Å²) < 4.78 is 0. The van der Waals surface area contributed by atoms with Crippen LogP contribution in [0.4, 0.5) is 17.2 Å². The smallest absolute Gasteiger partial charge is 0.311 e. The fraction of sp³-hybridized carbons (Fsp3) is 0. The lowest BCUT2D eigenvalue weighted by atomic mass is 10.1. The Morgan fingerprint density at radius 1 is 1.00 bits per heavy atom. The van der Waals surface area contributed by atoms with Crippen molar-refractivity contribution in [3.05, 3.63) is 88.4 Å². The van der Waals surface area contributed by atoms with Crippen molar-refractivity contribution in [2.75, 3.05) is 5.32 Å². The Morgan fingerprint density at radius 2 is 1.79 bits per heavy atom. The van der Waals surface area contributed by atoms with Crippen LogP contribution in [-0.2, 0) is 0 Å². The van der Waals surface area contributed by atoms with Crippen molar-refractivity contribution in [3.63, 3.8) is 0 Å². The van der Waals surface area contributed by atoms with E-state index in [0.717, 1.165) is 16.8 Å². The van der Waals surface area contributed by atoms with Crippen LogP contribution in [0.5, 0.6) is 0 Å². The molecule has 118 valence electrons. The highest BCUT2D eigenvalue weighted by atomic mass is 16.6. The highest BCUT2D eigenvalue weighted by Crippen LogP contribution is 2.25. The molecule has 24 heavy (non-hydrogen) atoms. The van der Waals surface area contributed by atoms with Gasteiger partial charge in [0.2, 0.25) is 5.82 Å². The first kappa shape index (κ1) is 15.4. The van der Waals surface area contributed by atoms with Crippen LogP contribution in [0.1, 0.15) is 11.1 Å². The monoisotopic (exact) mass is 318 g/mol. The van der Waals surface area contributed by atoms with E-state index in [1.807, 2.05) is 48.6 Å². The molecule has 3 aromatic rings. The molecule has 1 N–H and O–H groups in total. The lowest BCUT2D eigenvalue weighted by Gasteiger charge is -2.06. The standard InChI is InChI=1S/C18H14N4O2/c23-22(24)17-7-3-11-20-18(17)21-16-6-1-4-14(12-16)8-9-15-5-2-10-19-13-15/h1-13H,(H,20,21)/b9-8+. The molecule has 0 aliphatic heterocycles. The van der Waals surface area contributed by atoms with Crippen LogP contribution in [0.25, 0.3) is 12.2 Å². The van der Waals surface area contributed by atoms with E-state index in [1.165, 1.54) is 18.3 Å². The van der Waals surface area contributed by atoms with Crippen LogP contribution in [0.15, 0.2) is 67.1 Å². The number of anilines is 2. The summed E-state index contributed by atoms with van der Waals surface area (Å²) in [5.74, 6) is 0.218. The van der Waals surface area contributed by atoms with Crippen LogP contribution in [0.3, 0.4) is 0 Å². The molecule has 0 aliphatic carbocycles. The van der Waals surface area contributed by atoms with E-state index < -0.39 is 4.92 Å². The van der Waals surface area contributed by atoms with Gasteiger partial charge in [-0.1, -0.05) is 30.4 Å². The molecule has 2 aromatic heterocycles. The molecule has 2 heterocycles. The summed E-state index contributed by atoms with van der Waals surface area (Å²) in [6.45, 7) is 0. The van der Waals surface area contributed by atoms with Crippen molar-refractivity contribution in [3.8, 4) is 0 Å².